The molecule has 100 valence electrons. The molecule has 2 aromatic heterocycles. The summed E-state index contributed by atoms with van der Waals surface area (Å²) in [4.78, 5) is 19.1. The number of carboxylic acid groups (broad SMARTS) is 1. The zero-order chi connectivity index (χ0) is 14.0. The molecule has 2 rings (SSSR count). The van der Waals surface area contributed by atoms with Crippen molar-refractivity contribution in [2.75, 3.05) is 5.32 Å². The van der Waals surface area contributed by atoms with Crippen molar-refractivity contribution in [3.8, 4) is 0 Å². The van der Waals surface area contributed by atoms with Crippen LogP contribution in [0.4, 0.5) is 5.95 Å². The molecule has 2 heterocycles. The molecule has 0 aliphatic carbocycles. The molecule has 1 unspecified atom stereocenters. The van der Waals surface area contributed by atoms with E-state index in [1.165, 1.54) is 6.07 Å². The summed E-state index contributed by atoms with van der Waals surface area (Å²) in [5.74, 6) is -0.767. The Hall–Kier alpha value is -2.44. The van der Waals surface area contributed by atoms with Crippen LogP contribution in [-0.2, 0) is 7.05 Å². The Morgan fingerprint density at radius 2 is 2.21 bits per heavy atom. The Labute approximate surface area is 110 Å². The molecular formula is C12H15N5O2. The Bertz CT molecular complexity index is 608. The highest BCUT2D eigenvalue weighted by atomic mass is 16.4. The Morgan fingerprint density at radius 3 is 2.79 bits per heavy atom. The molecule has 0 bridgehead atoms. The first-order valence-electron chi connectivity index (χ1n) is 5.80. The van der Waals surface area contributed by atoms with Gasteiger partial charge in [-0.1, -0.05) is 0 Å². The van der Waals surface area contributed by atoms with E-state index in [0.717, 1.165) is 5.56 Å². The van der Waals surface area contributed by atoms with Crippen LogP contribution < -0.4 is 5.32 Å². The Kier molecular flexibility index (Phi) is 3.46. The summed E-state index contributed by atoms with van der Waals surface area (Å²) in [6.45, 7) is 3.66. The van der Waals surface area contributed by atoms with Crippen LogP contribution in [-0.4, -0.2) is 30.8 Å². The first-order valence-corrected chi connectivity index (χ1v) is 5.80. The predicted molar refractivity (Wildman–Crippen MR) is 69.0 cm³/mol. The van der Waals surface area contributed by atoms with Crippen molar-refractivity contribution < 1.29 is 9.90 Å². The van der Waals surface area contributed by atoms with Gasteiger partial charge in [0.1, 0.15) is 0 Å². The average molecular weight is 261 g/mol. The van der Waals surface area contributed by atoms with E-state index in [1.54, 1.807) is 17.8 Å². The second-order valence-corrected chi connectivity index (χ2v) is 4.34. The minimum absolute atomic E-state index is 0.0200. The first kappa shape index (κ1) is 13.0. The number of nitrogens with one attached hydrogen (secondary N) is 1. The number of hydrogen-bond donors (Lipinski definition) is 2. The van der Waals surface area contributed by atoms with E-state index in [2.05, 4.69) is 20.4 Å². The van der Waals surface area contributed by atoms with Gasteiger partial charge >= 0.3 is 5.97 Å². The highest BCUT2D eigenvalue weighted by Gasteiger charge is 2.12. The van der Waals surface area contributed by atoms with Crippen molar-refractivity contribution in [2.45, 2.75) is 19.9 Å². The fourth-order valence-corrected chi connectivity index (χ4v) is 1.68. The SMILES string of the molecule is Cc1cc(C(=O)O)nc(NC(C)c2cnn(C)c2)n1. The standard InChI is InChI=1S/C12H15N5O2/c1-7-4-10(11(18)19)16-12(14-7)15-8(2)9-5-13-17(3)6-9/h4-6,8H,1-3H3,(H,18,19)(H,14,15,16). The molecule has 1 atom stereocenters. The van der Waals surface area contributed by atoms with Crippen LogP contribution in [0.15, 0.2) is 18.5 Å². The van der Waals surface area contributed by atoms with Gasteiger partial charge in [0.05, 0.1) is 12.2 Å². The topological polar surface area (TPSA) is 92.9 Å². The molecule has 0 fully saturated rings. The molecule has 0 saturated carbocycles. The van der Waals surface area contributed by atoms with Gasteiger partial charge in [-0.3, -0.25) is 4.68 Å². The van der Waals surface area contributed by atoms with Crippen LogP contribution in [0.5, 0.6) is 0 Å². The monoisotopic (exact) mass is 261 g/mol. The summed E-state index contributed by atoms with van der Waals surface area (Å²) in [6.07, 6.45) is 3.62. The van der Waals surface area contributed by atoms with Crippen molar-refractivity contribution in [3.63, 3.8) is 0 Å². The number of nitrogens with zero attached hydrogens (tertiary/aromatic N) is 4. The molecule has 2 aromatic rings. The summed E-state index contributed by atoms with van der Waals surface area (Å²) in [5.41, 5.74) is 1.56. The summed E-state index contributed by atoms with van der Waals surface area (Å²) >= 11 is 0. The van der Waals surface area contributed by atoms with E-state index in [0.29, 0.717) is 11.6 Å². The Morgan fingerprint density at radius 1 is 1.47 bits per heavy atom. The number of anilines is 1. The van der Waals surface area contributed by atoms with Gasteiger partial charge in [0.25, 0.3) is 0 Å². The second-order valence-electron chi connectivity index (χ2n) is 4.34. The fraction of sp³-hybridized carbons (Fsp3) is 0.333. The van der Waals surface area contributed by atoms with Gasteiger partial charge in [-0.25, -0.2) is 14.8 Å². The fourth-order valence-electron chi connectivity index (χ4n) is 1.68. The smallest absolute Gasteiger partial charge is 0.354 e. The number of aromatic carboxylic acids is 1. The highest BCUT2D eigenvalue weighted by Crippen LogP contribution is 2.16. The zero-order valence-corrected chi connectivity index (χ0v) is 11.0. The summed E-state index contributed by atoms with van der Waals surface area (Å²) in [5, 5.41) is 16.1. The van der Waals surface area contributed by atoms with Crippen LogP contribution >= 0.6 is 0 Å². The zero-order valence-electron chi connectivity index (χ0n) is 11.0. The van der Waals surface area contributed by atoms with Gasteiger partial charge in [-0.2, -0.15) is 5.10 Å². The molecule has 0 amide bonds. The molecule has 0 spiro atoms. The third-order valence-corrected chi connectivity index (χ3v) is 2.64. The van der Waals surface area contributed by atoms with Gasteiger partial charge in [-0.15, -0.1) is 0 Å². The molecule has 2 N–H and O–H groups in total. The summed E-state index contributed by atoms with van der Waals surface area (Å²) < 4.78 is 1.70. The van der Waals surface area contributed by atoms with E-state index in [4.69, 9.17) is 5.11 Å². The molecule has 0 aliphatic rings. The van der Waals surface area contributed by atoms with Gasteiger partial charge < -0.3 is 10.4 Å². The lowest BCUT2D eigenvalue weighted by molar-refractivity contribution is 0.0690. The van der Waals surface area contributed by atoms with E-state index in [1.807, 2.05) is 20.2 Å². The molecule has 7 heteroatoms. The van der Waals surface area contributed by atoms with Crippen molar-refractivity contribution in [1.82, 2.24) is 19.7 Å². The second kappa shape index (κ2) is 5.05. The normalized spacial score (nSPS) is 12.2. The van der Waals surface area contributed by atoms with E-state index >= 15 is 0 Å². The number of aromatic nitrogens is 4. The number of aryl methyl sites for hydroxylation is 2. The molecule has 0 radical (unpaired) electrons. The quantitative estimate of drug-likeness (QED) is 0.864. The molecule has 0 aliphatic heterocycles. The third-order valence-electron chi connectivity index (χ3n) is 2.64. The van der Waals surface area contributed by atoms with E-state index in [9.17, 15) is 4.79 Å². The van der Waals surface area contributed by atoms with Gasteiger partial charge in [-0.05, 0) is 19.9 Å². The van der Waals surface area contributed by atoms with Crippen molar-refractivity contribution in [2.24, 2.45) is 7.05 Å². The number of rotatable bonds is 4. The lowest BCUT2D eigenvalue weighted by Gasteiger charge is -2.12. The van der Waals surface area contributed by atoms with Crippen molar-refractivity contribution >= 4 is 11.9 Å². The maximum Gasteiger partial charge on any atom is 0.354 e. The summed E-state index contributed by atoms with van der Waals surface area (Å²) in [7, 11) is 1.84. The average Bonchev–Trinajstić information content (AvgIpc) is 2.75. The van der Waals surface area contributed by atoms with E-state index in [-0.39, 0.29) is 11.7 Å². The summed E-state index contributed by atoms with van der Waals surface area (Å²) in [6, 6.07) is 1.37. The van der Waals surface area contributed by atoms with Gasteiger partial charge in [0, 0.05) is 24.5 Å². The van der Waals surface area contributed by atoms with Crippen LogP contribution in [0.1, 0.15) is 34.7 Å². The largest absolute Gasteiger partial charge is 0.477 e. The van der Waals surface area contributed by atoms with Crippen LogP contribution in [0.25, 0.3) is 0 Å². The van der Waals surface area contributed by atoms with Gasteiger partial charge in [0.15, 0.2) is 5.69 Å². The van der Waals surface area contributed by atoms with Crippen LogP contribution in [0.2, 0.25) is 0 Å². The number of carbonyl (C=O) groups is 1. The Balaban J connectivity index is 2.21. The molecule has 7 nitrogen and oxygen atoms in total. The minimum atomic E-state index is -1.07. The van der Waals surface area contributed by atoms with Crippen LogP contribution in [0.3, 0.4) is 0 Å². The molecular weight excluding hydrogens is 246 g/mol. The first-order chi connectivity index (χ1) is 8.95. The molecule has 0 aromatic carbocycles. The number of hydrogen-bond acceptors (Lipinski definition) is 5. The molecule has 19 heavy (non-hydrogen) atoms. The van der Waals surface area contributed by atoms with Gasteiger partial charge in [0.2, 0.25) is 5.95 Å². The van der Waals surface area contributed by atoms with Crippen LogP contribution in [0, 0.1) is 6.92 Å². The minimum Gasteiger partial charge on any atom is -0.477 e. The lowest BCUT2D eigenvalue weighted by Crippen LogP contribution is -2.12. The third kappa shape index (κ3) is 3.06. The lowest BCUT2D eigenvalue weighted by atomic mass is 10.2. The highest BCUT2D eigenvalue weighted by molar-refractivity contribution is 5.85. The van der Waals surface area contributed by atoms with Crippen molar-refractivity contribution in [3.05, 3.63) is 35.4 Å². The van der Waals surface area contributed by atoms with Crippen molar-refractivity contribution in [1.29, 1.82) is 0 Å². The maximum atomic E-state index is 10.9. The molecule has 0 saturated heterocycles. The predicted octanol–water partition coefficient (Wildman–Crippen LogP) is 1.39. The maximum absolute atomic E-state index is 10.9. The number of carboxylic acids is 1. The van der Waals surface area contributed by atoms with E-state index < -0.39 is 5.97 Å².